The first-order valence-corrected chi connectivity index (χ1v) is 9.14. The van der Waals surface area contributed by atoms with Crippen LogP contribution in [0.25, 0.3) is 10.2 Å². The molecule has 1 aliphatic rings. The number of carbonyl (C=O) groups is 1. The van der Waals surface area contributed by atoms with Crippen molar-refractivity contribution in [2.75, 3.05) is 32.5 Å². The molecule has 0 aliphatic carbocycles. The molecule has 1 saturated heterocycles. The lowest BCUT2D eigenvalue weighted by Crippen LogP contribution is -2.35. The predicted octanol–water partition coefficient (Wildman–Crippen LogP) is 2.78. The number of aryl methyl sites for hydroxylation is 2. The molecule has 0 bridgehead atoms. The number of hydrogen-bond donors (Lipinski definition) is 1. The van der Waals surface area contributed by atoms with Crippen molar-refractivity contribution in [3.05, 3.63) is 16.3 Å². The molecule has 7 heteroatoms. The first kappa shape index (κ1) is 17.1. The van der Waals surface area contributed by atoms with E-state index in [1.54, 1.807) is 7.11 Å². The van der Waals surface area contributed by atoms with Gasteiger partial charge in [0.25, 0.3) is 5.91 Å². The van der Waals surface area contributed by atoms with Gasteiger partial charge in [0, 0.05) is 20.2 Å². The number of ether oxygens (including phenoxy) is 1. The van der Waals surface area contributed by atoms with Gasteiger partial charge in [0.05, 0.1) is 16.9 Å². The number of hydrogen-bond acceptors (Lipinski definition) is 6. The molecule has 1 unspecified atom stereocenters. The van der Waals surface area contributed by atoms with E-state index in [2.05, 4.69) is 9.97 Å². The van der Waals surface area contributed by atoms with Gasteiger partial charge in [-0.3, -0.25) is 4.79 Å². The number of nitrogens with two attached hydrogens (primary N) is 1. The predicted molar refractivity (Wildman–Crippen MR) is 96.4 cm³/mol. The van der Waals surface area contributed by atoms with Crippen molar-refractivity contribution in [3.63, 3.8) is 0 Å². The summed E-state index contributed by atoms with van der Waals surface area (Å²) in [4.78, 5) is 25.3. The third-order valence-corrected chi connectivity index (χ3v) is 5.76. The van der Waals surface area contributed by atoms with E-state index in [9.17, 15) is 4.79 Å². The van der Waals surface area contributed by atoms with E-state index in [0.717, 1.165) is 53.0 Å². The highest BCUT2D eigenvalue weighted by Gasteiger charge is 2.27. The van der Waals surface area contributed by atoms with Crippen LogP contribution < -0.4 is 5.73 Å². The van der Waals surface area contributed by atoms with Crippen LogP contribution in [0.3, 0.4) is 0 Å². The van der Waals surface area contributed by atoms with E-state index in [-0.39, 0.29) is 5.91 Å². The molecule has 2 aromatic rings. The Morgan fingerprint density at radius 2 is 2.17 bits per heavy atom. The van der Waals surface area contributed by atoms with Gasteiger partial charge in [-0.1, -0.05) is 6.42 Å². The van der Waals surface area contributed by atoms with Gasteiger partial charge in [0.15, 0.2) is 0 Å². The summed E-state index contributed by atoms with van der Waals surface area (Å²) in [5, 5.41) is 0.817. The number of nitrogens with zero attached hydrogens (tertiary/aromatic N) is 3. The molecule has 0 spiro atoms. The van der Waals surface area contributed by atoms with Gasteiger partial charge in [-0.2, -0.15) is 0 Å². The van der Waals surface area contributed by atoms with Gasteiger partial charge in [0.1, 0.15) is 16.5 Å². The number of likely N-dealkylation sites (tertiary alicyclic amines) is 1. The average molecular weight is 348 g/mol. The third-order valence-electron chi connectivity index (χ3n) is 4.58. The zero-order chi connectivity index (χ0) is 17.3. The summed E-state index contributed by atoms with van der Waals surface area (Å²) in [7, 11) is 1.72. The number of rotatable bonds is 3. The molecule has 3 rings (SSSR count). The number of nitrogen functional groups attached to an aromatic ring is 1. The molecule has 0 radical (unpaired) electrons. The van der Waals surface area contributed by atoms with Crippen LogP contribution in [-0.4, -0.2) is 47.6 Å². The van der Waals surface area contributed by atoms with E-state index in [1.807, 2.05) is 18.7 Å². The van der Waals surface area contributed by atoms with Gasteiger partial charge < -0.3 is 15.4 Å². The van der Waals surface area contributed by atoms with Crippen LogP contribution in [0.1, 0.15) is 40.3 Å². The average Bonchev–Trinajstić information content (AvgIpc) is 2.71. The highest BCUT2D eigenvalue weighted by molar-refractivity contribution is 7.20. The number of fused-ring (bicyclic) bond motifs is 1. The monoisotopic (exact) mass is 348 g/mol. The maximum absolute atomic E-state index is 13.1. The first-order valence-electron chi connectivity index (χ1n) is 8.32. The molecular formula is C17H24N4O2S. The van der Waals surface area contributed by atoms with Crippen LogP contribution in [0.4, 0.5) is 5.82 Å². The molecule has 0 aromatic carbocycles. The minimum absolute atomic E-state index is 0.0792. The normalized spacial score (nSPS) is 18.8. The molecule has 6 nitrogen and oxygen atoms in total. The highest BCUT2D eigenvalue weighted by atomic mass is 32.1. The molecule has 1 atom stereocenters. The molecule has 3 heterocycles. The summed E-state index contributed by atoms with van der Waals surface area (Å²) >= 11 is 1.42. The van der Waals surface area contributed by atoms with E-state index in [1.165, 1.54) is 11.3 Å². The van der Waals surface area contributed by atoms with Gasteiger partial charge in [0.2, 0.25) is 0 Å². The quantitative estimate of drug-likeness (QED) is 0.922. The minimum Gasteiger partial charge on any atom is -0.384 e. The number of methoxy groups -OCH3 is 1. The van der Waals surface area contributed by atoms with Crippen molar-refractivity contribution in [1.29, 1.82) is 0 Å². The van der Waals surface area contributed by atoms with Crippen molar-refractivity contribution in [1.82, 2.24) is 14.9 Å². The molecule has 2 N–H and O–H groups in total. The Kier molecular flexibility index (Phi) is 5.01. The van der Waals surface area contributed by atoms with Crippen LogP contribution in [0, 0.1) is 19.8 Å². The molecule has 1 amide bonds. The zero-order valence-electron chi connectivity index (χ0n) is 14.5. The maximum Gasteiger partial charge on any atom is 0.264 e. The number of aromatic nitrogens is 2. The van der Waals surface area contributed by atoms with Gasteiger partial charge in [-0.05, 0) is 38.2 Å². The molecule has 1 fully saturated rings. The summed E-state index contributed by atoms with van der Waals surface area (Å²) < 4.78 is 5.30. The Morgan fingerprint density at radius 3 is 2.92 bits per heavy atom. The van der Waals surface area contributed by atoms with Gasteiger partial charge in [-0.25, -0.2) is 9.97 Å². The van der Waals surface area contributed by atoms with Crippen LogP contribution in [-0.2, 0) is 4.74 Å². The Morgan fingerprint density at radius 1 is 1.38 bits per heavy atom. The summed E-state index contributed by atoms with van der Waals surface area (Å²) in [6.07, 6.45) is 3.29. The Balaban J connectivity index is 1.93. The van der Waals surface area contributed by atoms with Gasteiger partial charge in [-0.15, -0.1) is 11.3 Å². The summed E-state index contributed by atoms with van der Waals surface area (Å²) in [6, 6.07) is 0. The number of amides is 1. The molecule has 24 heavy (non-hydrogen) atoms. The molecule has 2 aromatic heterocycles. The number of thiophene rings is 1. The number of anilines is 1. The molecule has 0 saturated carbocycles. The lowest BCUT2D eigenvalue weighted by atomic mass is 10.0. The fourth-order valence-electron chi connectivity index (χ4n) is 3.41. The minimum atomic E-state index is 0.0792. The summed E-state index contributed by atoms with van der Waals surface area (Å²) in [5.74, 6) is 1.58. The second kappa shape index (κ2) is 7.03. The highest BCUT2D eigenvalue weighted by Crippen LogP contribution is 2.34. The summed E-state index contributed by atoms with van der Waals surface area (Å²) in [6.45, 7) is 6.00. The second-order valence-electron chi connectivity index (χ2n) is 6.46. The standard InChI is InChI=1S/C17H24N4O2S/c1-10-13-15(18)19-11(2)20-16(13)24-14(10)17(22)21-7-5-4-6-12(8-21)9-23-3/h12H,4-9H2,1-3H3,(H2,18,19,20). The van der Waals surface area contributed by atoms with Crippen LogP contribution in [0.5, 0.6) is 0 Å². The Bertz CT molecular complexity index is 759. The summed E-state index contributed by atoms with van der Waals surface area (Å²) in [5.41, 5.74) is 6.94. The van der Waals surface area contributed by atoms with E-state index < -0.39 is 0 Å². The maximum atomic E-state index is 13.1. The molecule has 130 valence electrons. The number of carbonyl (C=O) groups excluding carboxylic acids is 1. The van der Waals surface area contributed by atoms with Crippen molar-refractivity contribution in [2.45, 2.75) is 33.1 Å². The van der Waals surface area contributed by atoms with E-state index in [0.29, 0.717) is 24.2 Å². The SMILES string of the molecule is COCC1CCCCN(C(=O)c2sc3nc(C)nc(N)c3c2C)C1. The first-order chi connectivity index (χ1) is 11.5. The largest absolute Gasteiger partial charge is 0.384 e. The fourth-order valence-corrected chi connectivity index (χ4v) is 4.62. The van der Waals surface area contributed by atoms with Crippen LogP contribution >= 0.6 is 11.3 Å². The molecule has 1 aliphatic heterocycles. The van der Waals surface area contributed by atoms with Crippen LogP contribution in [0.2, 0.25) is 0 Å². The fraction of sp³-hybridized carbons (Fsp3) is 0.588. The lowest BCUT2D eigenvalue weighted by molar-refractivity contribution is 0.0701. The Labute approximate surface area is 146 Å². The third kappa shape index (κ3) is 3.23. The van der Waals surface area contributed by atoms with E-state index >= 15 is 0 Å². The van der Waals surface area contributed by atoms with Crippen molar-refractivity contribution >= 4 is 33.3 Å². The topological polar surface area (TPSA) is 81.3 Å². The Hall–Kier alpha value is -1.73. The lowest BCUT2D eigenvalue weighted by Gasteiger charge is -2.24. The van der Waals surface area contributed by atoms with Gasteiger partial charge >= 0.3 is 0 Å². The van der Waals surface area contributed by atoms with E-state index in [4.69, 9.17) is 10.5 Å². The molecular weight excluding hydrogens is 324 g/mol. The smallest absolute Gasteiger partial charge is 0.264 e. The van der Waals surface area contributed by atoms with Crippen molar-refractivity contribution in [2.24, 2.45) is 5.92 Å². The van der Waals surface area contributed by atoms with Crippen molar-refractivity contribution in [3.8, 4) is 0 Å². The second-order valence-corrected chi connectivity index (χ2v) is 7.46. The van der Waals surface area contributed by atoms with Crippen LogP contribution in [0.15, 0.2) is 0 Å². The zero-order valence-corrected chi connectivity index (χ0v) is 15.3. The van der Waals surface area contributed by atoms with Crippen molar-refractivity contribution < 1.29 is 9.53 Å².